The van der Waals surface area contributed by atoms with Gasteiger partial charge in [-0.2, -0.15) is 0 Å². The van der Waals surface area contributed by atoms with Crippen molar-refractivity contribution in [1.82, 2.24) is 4.90 Å². The summed E-state index contributed by atoms with van der Waals surface area (Å²) < 4.78 is 22.1. The van der Waals surface area contributed by atoms with E-state index in [0.29, 0.717) is 41.0 Å². The summed E-state index contributed by atoms with van der Waals surface area (Å²) in [6.45, 7) is 2.20. The molecule has 37 heavy (non-hydrogen) atoms. The molecule has 1 N–H and O–H groups in total. The zero-order chi connectivity index (χ0) is 26.3. The second-order valence-corrected chi connectivity index (χ2v) is 8.95. The van der Waals surface area contributed by atoms with Crippen LogP contribution in [0.25, 0.3) is 11.0 Å². The number of benzene rings is 3. The van der Waals surface area contributed by atoms with Crippen LogP contribution in [-0.2, 0) is 6.42 Å². The minimum atomic E-state index is -0.710. The quantitative estimate of drug-likeness (QED) is 0.395. The maximum absolute atomic E-state index is 13.7. The monoisotopic (exact) mass is 501 g/mol. The molecule has 0 saturated heterocycles. The van der Waals surface area contributed by atoms with E-state index in [2.05, 4.69) is 0 Å². The van der Waals surface area contributed by atoms with Crippen molar-refractivity contribution in [2.45, 2.75) is 19.4 Å². The molecule has 4 aromatic rings. The van der Waals surface area contributed by atoms with Crippen LogP contribution in [0.5, 0.6) is 23.0 Å². The number of carbonyl (C=O) groups excluding carboxylic acids is 1. The number of aryl methyl sites for hydroxylation is 1. The predicted molar refractivity (Wildman–Crippen MR) is 138 cm³/mol. The van der Waals surface area contributed by atoms with Gasteiger partial charge in [0.15, 0.2) is 28.4 Å². The van der Waals surface area contributed by atoms with Gasteiger partial charge in [0.05, 0.1) is 38.3 Å². The van der Waals surface area contributed by atoms with E-state index in [1.54, 1.807) is 43.4 Å². The Bertz CT molecular complexity index is 1570. The Hall–Kier alpha value is -4.46. The fraction of sp³-hybridized carbons (Fsp3) is 0.241. The lowest BCUT2D eigenvalue weighted by Crippen LogP contribution is -2.31. The van der Waals surface area contributed by atoms with E-state index in [1.807, 2.05) is 31.2 Å². The first-order chi connectivity index (χ1) is 17.9. The highest BCUT2D eigenvalue weighted by atomic mass is 16.5. The van der Waals surface area contributed by atoms with E-state index in [0.717, 1.165) is 11.1 Å². The molecule has 1 aliphatic heterocycles. The smallest absolute Gasteiger partial charge is 0.290 e. The zero-order valence-electron chi connectivity index (χ0n) is 21.0. The molecule has 0 bridgehead atoms. The van der Waals surface area contributed by atoms with Crippen LogP contribution in [0, 0.1) is 6.92 Å². The molecule has 1 amide bonds. The Kier molecular flexibility index (Phi) is 6.25. The molecule has 1 aromatic heterocycles. The van der Waals surface area contributed by atoms with Crippen molar-refractivity contribution in [3.63, 3.8) is 0 Å². The van der Waals surface area contributed by atoms with Crippen LogP contribution >= 0.6 is 0 Å². The SMILES string of the molecule is COc1cc([C@@H]2c3c(oc4ccc(C)cc4c3=O)C(=O)N2CCc2ccc(OC)c(OC)c2)ccc1O. The van der Waals surface area contributed by atoms with Crippen LogP contribution in [0.2, 0.25) is 0 Å². The fourth-order valence-electron chi connectivity index (χ4n) is 4.86. The molecule has 1 aliphatic rings. The molecule has 190 valence electrons. The van der Waals surface area contributed by atoms with Crippen LogP contribution in [0.3, 0.4) is 0 Å². The van der Waals surface area contributed by atoms with Crippen molar-refractivity contribution in [3.8, 4) is 23.0 Å². The van der Waals surface area contributed by atoms with Gasteiger partial charge in [-0.15, -0.1) is 0 Å². The molecule has 1 atom stereocenters. The average Bonchev–Trinajstić information content (AvgIpc) is 3.19. The summed E-state index contributed by atoms with van der Waals surface area (Å²) in [5, 5.41) is 10.6. The molecule has 0 radical (unpaired) electrons. The fourth-order valence-corrected chi connectivity index (χ4v) is 4.86. The summed E-state index contributed by atoms with van der Waals surface area (Å²) in [5.74, 6) is 1.09. The number of phenols is 1. The van der Waals surface area contributed by atoms with Crippen LogP contribution in [0.15, 0.2) is 63.8 Å². The summed E-state index contributed by atoms with van der Waals surface area (Å²) >= 11 is 0. The summed E-state index contributed by atoms with van der Waals surface area (Å²) in [6.07, 6.45) is 0.499. The number of phenolic OH excluding ortho intramolecular Hbond substituents is 1. The maximum Gasteiger partial charge on any atom is 0.290 e. The molecule has 0 unspecified atom stereocenters. The molecular formula is C29H27NO7. The van der Waals surface area contributed by atoms with Gasteiger partial charge >= 0.3 is 0 Å². The largest absolute Gasteiger partial charge is 0.504 e. The van der Waals surface area contributed by atoms with Crippen LogP contribution in [0.4, 0.5) is 0 Å². The summed E-state index contributed by atoms with van der Waals surface area (Å²) in [5.41, 5.74) is 2.88. The van der Waals surface area contributed by atoms with E-state index in [1.165, 1.54) is 13.2 Å². The number of nitrogens with zero attached hydrogens (tertiary/aromatic N) is 1. The van der Waals surface area contributed by atoms with Gasteiger partial charge in [0, 0.05) is 6.54 Å². The van der Waals surface area contributed by atoms with Crippen molar-refractivity contribution in [3.05, 3.63) is 92.8 Å². The highest BCUT2D eigenvalue weighted by molar-refractivity contribution is 5.99. The third-order valence-corrected chi connectivity index (χ3v) is 6.73. The zero-order valence-corrected chi connectivity index (χ0v) is 21.0. The van der Waals surface area contributed by atoms with E-state index in [-0.39, 0.29) is 34.2 Å². The molecule has 3 aromatic carbocycles. The predicted octanol–water partition coefficient (Wildman–Crippen LogP) is 4.62. The van der Waals surface area contributed by atoms with Gasteiger partial charge in [-0.3, -0.25) is 9.59 Å². The molecule has 5 rings (SSSR count). The van der Waals surface area contributed by atoms with Gasteiger partial charge < -0.3 is 28.6 Å². The maximum atomic E-state index is 13.7. The lowest BCUT2D eigenvalue weighted by Gasteiger charge is -2.25. The topological polar surface area (TPSA) is 98.4 Å². The number of ether oxygens (including phenoxy) is 3. The molecule has 0 saturated carbocycles. The number of amides is 1. The van der Waals surface area contributed by atoms with Gasteiger partial charge in [0.2, 0.25) is 5.76 Å². The second-order valence-electron chi connectivity index (χ2n) is 8.95. The lowest BCUT2D eigenvalue weighted by molar-refractivity contribution is 0.0730. The van der Waals surface area contributed by atoms with Crippen LogP contribution in [0.1, 0.15) is 38.9 Å². The Labute approximate surface area is 213 Å². The highest BCUT2D eigenvalue weighted by Gasteiger charge is 2.42. The minimum Gasteiger partial charge on any atom is -0.504 e. The average molecular weight is 502 g/mol. The molecule has 0 aliphatic carbocycles. The van der Waals surface area contributed by atoms with Crippen molar-refractivity contribution in [2.75, 3.05) is 27.9 Å². The van der Waals surface area contributed by atoms with Crippen LogP contribution < -0.4 is 19.6 Å². The van der Waals surface area contributed by atoms with Gasteiger partial charge in [-0.1, -0.05) is 23.8 Å². The molecule has 0 fully saturated rings. The molecule has 0 spiro atoms. The molecule has 2 heterocycles. The van der Waals surface area contributed by atoms with Crippen LogP contribution in [-0.4, -0.2) is 43.8 Å². The van der Waals surface area contributed by atoms with Gasteiger partial charge in [0.25, 0.3) is 5.91 Å². The van der Waals surface area contributed by atoms with E-state index in [9.17, 15) is 14.7 Å². The lowest BCUT2D eigenvalue weighted by atomic mass is 9.97. The van der Waals surface area contributed by atoms with E-state index >= 15 is 0 Å². The minimum absolute atomic E-state index is 0.0331. The Balaban J connectivity index is 1.61. The number of carbonyl (C=O) groups is 1. The number of methoxy groups -OCH3 is 3. The Morgan fingerprint density at radius 1 is 0.892 bits per heavy atom. The number of hydrogen-bond donors (Lipinski definition) is 1. The first kappa shape index (κ1) is 24.2. The Morgan fingerprint density at radius 3 is 2.38 bits per heavy atom. The van der Waals surface area contributed by atoms with E-state index in [4.69, 9.17) is 18.6 Å². The van der Waals surface area contributed by atoms with Crippen molar-refractivity contribution in [1.29, 1.82) is 0 Å². The number of fused-ring (bicyclic) bond motifs is 2. The number of aromatic hydroxyl groups is 1. The standard InChI is InChI=1S/C29H27NO7/c1-16-5-9-21-19(13-16)27(32)25-26(18-7-8-20(31)23(15-18)35-3)30(29(33)28(25)37-21)12-11-17-6-10-22(34-2)24(14-17)36-4/h5-10,13-15,26,31H,11-12H2,1-4H3/t26-/m1/s1. The van der Waals surface area contributed by atoms with Crippen molar-refractivity contribution < 1.29 is 28.5 Å². The molecule has 8 nitrogen and oxygen atoms in total. The summed E-state index contributed by atoms with van der Waals surface area (Å²) in [6, 6.07) is 15.0. The van der Waals surface area contributed by atoms with Gasteiger partial charge in [-0.05, 0) is 60.9 Å². The van der Waals surface area contributed by atoms with Gasteiger partial charge in [-0.25, -0.2) is 0 Å². The first-order valence-corrected chi connectivity index (χ1v) is 11.8. The van der Waals surface area contributed by atoms with E-state index < -0.39 is 6.04 Å². The molecular weight excluding hydrogens is 474 g/mol. The Morgan fingerprint density at radius 2 is 1.65 bits per heavy atom. The summed E-state index contributed by atoms with van der Waals surface area (Å²) in [4.78, 5) is 29.1. The second kappa shape index (κ2) is 9.54. The summed E-state index contributed by atoms with van der Waals surface area (Å²) in [7, 11) is 4.59. The number of rotatable bonds is 7. The third kappa shape index (κ3) is 4.14. The van der Waals surface area contributed by atoms with Crippen molar-refractivity contribution in [2.24, 2.45) is 0 Å². The first-order valence-electron chi connectivity index (χ1n) is 11.8. The van der Waals surface area contributed by atoms with Gasteiger partial charge in [0.1, 0.15) is 5.58 Å². The normalized spacial score (nSPS) is 14.6. The highest BCUT2D eigenvalue weighted by Crippen LogP contribution is 2.41. The third-order valence-electron chi connectivity index (χ3n) is 6.73. The number of hydrogen-bond acceptors (Lipinski definition) is 7. The molecule has 8 heteroatoms. The van der Waals surface area contributed by atoms with Crippen molar-refractivity contribution >= 4 is 16.9 Å².